The Bertz CT molecular complexity index is 144. The molecule has 0 aromatic carbocycles. The Morgan fingerprint density at radius 2 is 2.22 bits per heavy atom. The van der Waals surface area contributed by atoms with E-state index in [1.165, 1.54) is 0 Å². The zero-order valence-electron chi connectivity index (χ0n) is 6.09. The van der Waals surface area contributed by atoms with Crippen LogP contribution in [0.2, 0.25) is 0 Å². The van der Waals surface area contributed by atoms with Crippen molar-refractivity contribution in [3.8, 4) is 6.19 Å². The zero-order valence-corrected chi connectivity index (χ0v) is 6.90. The molecule has 1 atom stereocenters. The second kappa shape index (κ2) is 4.51. The van der Waals surface area contributed by atoms with Crippen LogP contribution in [-0.2, 0) is 10.7 Å². The molecule has 0 aromatic heterocycles. The van der Waals surface area contributed by atoms with Crippen molar-refractivity contribution in [3.05, 3.63) is 0 Å². The molecule has 0 heterocycles. The lowest BCUT2D eigenvalue weighted by molar-refractivity contribution is 1.10. The van der Waals surface area contributed by atoms with Gasteiger partial charge in [0.05, 0.1) is 0 Å². The van der Waals surface area contributed by atoms with Crippen molar-refractivity contribution in [2.75, 3.05) is 5.75 Å². The summed E-state index contributed by atoms with van der Waals surface area (Å²) in [5.41, 5.74) is 0. The maximum atomic E-state index is 8.21. The SMILES string of the molecule is CCS(=NC#N)C(C)C. The quantitative estimate of drug-likeness (QED) is 0.543. The van der Waals surface area contributed by atoms with Crippen LogP contribution in [0.5, 0.6) is 0 Å². The summed E-state index contributed by atoms with van der Waals surface area (Å²) in [5.74, 6) is 0.991. The molecule has 0 radical (unpaired) electrons. The predicted octanol–water partition coefficient (Wildman–Crippen LogP) is 1.70. The van der Waals surface area contributed by atoms with Crippen molar-refractivity contribution >= 4 is 10.7 Å². The van der Waals surface area contributed by atoms with Crippen molar-refractivity contribution in [2.24, 2.45) is 4.36 Å². The van der Waals surface area contributed by atoms with Crippen molar-refractivity contribution in [1.29, 1.82) is 5.26 Å². The molecule has 0 N–H and O–H groups in total. The minimum Gasteiger partial charge on any atom is -0.170 e. The lowest BCUT2D eigenvalue weighted by Gasteiger charge is -2.04. The number of hydrogen-bond donors (Lipinski definition) is 0. The van der Waals surface area contributed by atoms with Gasteiger partial charge in [-0.25, -0.2) is 0 Å². The van der Waals surface area contributed by atoms with E-state index in [4.69, 9.17) is 5.26 Å². The average Bonchev–Trinajstić information content (AvgIpc) is 1.82. The molecule has 0 aliphatic rings. The van der Waals surface area contributed by atoms with Crippen molar-refractivity contribution in [3.63, 3.8) is 0 Å². The van der Waals surface area contributed by atoms with Crippen LogP contribution < -0.4 is 0 Å². The second-order valence-electron chi connectivity index (χ2n) is 1.93. The van der Waals surface area contributed by atoms with E-state index < -0.39 is 0 Å². The van der Waals surface area contributed by atoms with Crippen LogP contribution in [0.15, 0.2) is 4.36 Å². The molecule has 0 saturated carbocycles. The van der Waals surface area contributed by atoms with Gasteiger partial charge in [0.2, 0.25) is 6.19 Å². The van der Waals surface area contributed by atoms with Crippen LogP contribution in [-0.4, -0.2) is 11.0 Å². The molecule has 0 amide bonds. The molecule has 0 fully saturated rings. The van der Waals surface area contributed by atoms with Crippen molar-refractivity contribution in [2.45, 2.75) is 26.0 Å². The van der Waals surface area contributed by atoms with E-state index in [1.807, 2.05) is 6.19 Å². The highest BCUT2D eigenvalue weighted by atomic mass is 32.2. The normalized spacial score (nSPS) is 13.7. The summed E-state index contributed by atoms with van der Waals surface area (Å²) in [6, 6.07) is 0. The fourth-order valence-corrected chi connectivity index (χ4v) is 1.67. The van der Waals surface area contributed by atoms with Gasteiger partial charge in [-0.15, -0.1) is 0 Å². The van der Waals surface area contributed by atoms with E-state index >= 15 is 0 Å². The van der Waals surface area contributed by atoms with Gasteiger partial charge in [-0.2, -0.15) is 9.62 Å². The van der Waals surface area contributed by atoms with Gasteiger partial charge in [0, 0.05) is 11.0 Å². The molecule has 9 heavy (non-hydrogen) atoms. The molecule has 0 spiro atoms. The predicted molar refractivity (Wildman–Crippen MR) is 41.1 cm³/mol. The van der Waals surface area contributed by atoms with Crippen LogP contribution in [0.25, 0.3) is 0 Å². The Labute approximate surface area is 59.0 Å². The lowest BCUT2D eigenvalue weighted by atomic mass is 10.6. The van der Waals surface area contributed by atoms with Crippen molar-refractivity contribution < 1.29 is 0 Å². The van der Waals surface area contributed by atoms with Gasteiger partial charge in [0.25, 0.3) is 0 Å². The summed E-state index contributed by atoms with van der Waals surface area (Å²) in [6.07, 6.45) is 1.84. The van der Waals surface area contributed by atoms with Crippen LogP contribution in [0.4, 0.5) is 0 Å². The van der Waals surface area contributed by atoms with E-state index in [9.17, 15) is 0 Å². The molecule has 2 nitrogen and oxygen atoms in total. The monoisotopic (exact) mass is 144 g/mol. The highest BCUT2D eigenvalue weighted by Gasteiger charge is 1.97. The van der Waals surface area contributed by atoms with Gasteiger partial charge >= 0.3 is 0 Å². The van der Waals surface area contributed by atoms with Crippen LogP contribution in [0.3, 0.4) is 0 Å². The molecular weight excluding hydrogens is 132 g/mol. The van der Waals surface area contributed by atoms with Crippen molar-refractivity contribution in [1.82, 2.24) is 0 Å². The average molecular weight is 144 g/mol. The van der Waals surface area contributed by atoms with Gasteiger partial charge < -0.3 is 0 Å². The number of nitrogens with zero attached hydrogens (tertiary/aromatic N) is 2. The van der Waals surface area contributed by atoms with E-state index in [0.717, 1.165) is 5.75 Å². The first-order chi connectivity index (χ1) is 4.22. The first kappa shape index (κ1) is 8.64. The smallest absolute Gasteiger partial charge is 0.170 e. The zero-order chi connectivity index (χ0) is 7.28. The minimum absolute atomic E-state index is 0.0193. The van der Waals surface area contributed by atoms with E-state index in [0.29, 0.717) is 5.25 Å². The van der Waals surface area contributed by atoms with Gasteiger partial charge in [-0.1, -0.05) is 31.5 Å². The maximum absolute atomic E-state index is 8.21. The topological polar surface area (TPSA) is 36.1 Å². The van der Waals surface area contributed by atoms with Crippen LogP contribution in [0, 0.1) is 11.5 Å². The standard InChI is InChI=1S/C6H12N2S/c1-4-9(6(2)3)8-5-7/h6H,4H2,1-3H3. The number of rotatable bonds is 2. The molecule has 0 rings (SSSR count). The summed E-state index contributed by atoms with van der Waals surface area (Å²) < 4.78 is 3.78. The van der Waals surface area contributed by atoms with Crippen LogP contribution >= 0.6 is 0 Å². The fraction of sp³-hybridized carbons (Fsp3) is 0.833. The molecule has 3 heteroatoms. The first-order valence-corrected chi connectivity index (χ1v) is 4.43. The fourth-order valence-electron chi connectivity index (χ4n) is 0.556. The molecule has 0 aliphatic heterocycles. The van der Waals surface area contributed by atoms with Gasteiger partial charge in [0.15, 0.2) is 0 Å². The molecule has 0 saturated heterocycles. The largest absolute Gasteiger partial charge is 0.212 e. The van der Waals surface area contributed by atoms with Gasteiger partial charge in [-0.3, -0.25) is 0 Å². The summed E-state index contributed by atoms with van der Waals surface area (Å²) in [6.45, 7) is 6.24. The second-order valence-corrected chi connectivity index (χ2v) is 4.43. The Balaban J connectivity index is 4.02. The Kier molecular flexibility index (Phi) is 4.33. The summed E-state index contributed by atoms with van der Waals surface area (Å²) in [5, 5.41) is 8.73. The number of hydrogen-bond acceptors (Lipinski definition) is 2. The highest BCUT2D eigenvalue weighted by Crippen LogP contribution is 1.97. The number of nitriles is 1. The third-order valence-corrected chi connectivity index (χ3v) is 2.99. The molecular formula is C6H12N2S. The van der Waals surface area contributed by atoms with Gasteiger partial charge in [0.1, 0.15) is 0 Å². The first-order valence-electron chi connectivity index (χ1n) is 3.02. The molecule has 0 aromatic rings. The molecule has 0 bridgehead atoms. The molecule has 52 valence electrons. The Morgan fingerprint density at radius 1 is 1.67 bits per heavy atom. The lowest BCUT2D eigenvalue weighted by Crippen LogP contribution is -2.06. The molecule has 0 aliphatic carbocycles. The third kappa shape index (κ3) is 3.26. The van der Waals surface area contributed by atoms with E-state index in [2.05, 4.69) is 25.1 Å². The summed E-state index contributed by atoms with van der Waals surface area (Å²) >= 11 is 0. The van der Waals surface area contributed by atoms with Gasteiger partial charge in [-0.05, 0) is 0 Å². The minimum atomic E-state index is -0.0193. The van der Waals surface area contributed by atoms with E-state index in [-0.39, 0.29) is 10.7 Å². The Hall–Kier alpha value is -0.360. The summed E-state index contributed by atoms with van der Waals surface area (Å²) in [4.78, 5) is 0. The third-order valence-electron chi connectivity index (χ3n) is 0.998. The maximum Gasteiger partial charge on any atom is 0.212 e. The highest BCUT2D eigenvalue weighted by molar-refractivity contribution is 7.87. The Morgan fingerprint density at radius 3 is 2.33 bits per heavy atom. The summed E-state index contributed by atoms with van der Waals surface area (Å²) in [7, 11) is -0.0193. The van der Waals surface area contributed by atoms with Crippen LogP contribution in [0.1, 0.15) is 20.8 Å². The molecule has 1 unspecified atom stereocenters. The van der Waals surface area contributed by atoms with E-state index in [1.54, 1.807) is 0 Å².